The van der Waals surface area contributed by atoms with E-state index in [0.29, 0.717) is 16.9 Å². The molecule has 0 amide bonds. The molecule has 24 heavy (non-hydrogen) atoms. The number of carbonyl (C=O) groups is 1. The Morgan fingerprint density at radius 3 is 2.88 bits per heavy atom. The van der Waals surface area contributed by atoms with Gasteiger partial charge in [-0.15, -0.1) is 0 Å². The average Bonchev–Trinajstić information content (AvgIpc) is 3.04. The minimum Gasteiger partial charge on any atom is -0.458 e. The minimum atomic E-state index is -0.170. The molecule has 1 heterocycles. The van der Waals surface area contributed by atoms with Crippen LogP contribution in [-0.2, 0) is 9.53 Å². The van der Waals surface area contributed by atoms with Crippen LogP contribution in [0.1, 0.15) is 65.7 Å². The van der Waals surface area contributed by atoms with E-state index in [1.807, 2.05) is 0 Å². The Morgan fingerprint density at radius 1 is 1.46 bits per heavy atom. The molecule has 0 aromatic rings. The fourth-order valence-electron chi connectivity index (χ4n) is 6.07. The van der Waals surface area contributed by atoms with E-state index in [9.17, 15) is 4.79 Å². The van der Waals surface area contributed by atoms with Crippen LogP contribution >= 0.6 is 15.9 Å². The second kappa shape index (κ2) is 6.97. The van der Waals surface area contributed by atoms with E-state index in [4.69, 9.17) is 4.74 Å². The Bertz CT molecular complexity index is 552. The van der Waals surface area contributed by atoms with Crippen molar-refractivity contribution in [2.75, 3.05) is 0 Å². The van der Waals surface area contributed by atoms with Crippen molar-refractivity contribution in [3.63, 3.8) is 0 Å². The summed E-state index contributed by atoms with van der Waals surface area (Å²) in [5, 5.41) is 0. The number of hydrogen-bond donors (Lipinski definition) is 0. The van der Waals surface area contributed by atoms with Crippen molar-refractivity contribution in [2.45, 2.75) is 71.8 Å². The molecular weight excluding hydrogens is 364 g/mol. The van der Waals surface area contributed by atoms with Crippen molar-refractivity contribution in [1.29, 1.82) is 0 Å². The highest BCUT2D eigenvalue weighted by atomic mass is 79.9. The van der Waals surface area contributed by atoms with Crippen LogP contribution in [0.15, 0.2) is 22.7 Å². The maximum absolute atomic E-state index is 11.9. The lowest BCUT2D eigenvalue weighted by atomic mass is 9.61. The lowest BCUT2D eigenvalue weighted by Crippen LogP contribution is -2.37. The summed E-state index contributed by atoms with van der Waals surface area (Å²) in [5.74, 6) is 2.11. The zero-order chi connectivity index (χ0) is 17.5. The van der Waals surface area contributed by atoms with Crippen LogP contribution in [0.4, 0.5) is 0 Å². The predicted octanol–water partition coefficient (Wildman–Crippen LogP) is 6.02. The molecule has 0 aromatic carbocycles. The highest BCUT2D eigenvalue weighted by Crippen LogP contribution is 2.60. The fraction of sp³-hybridized carbons (Fsp3) is 0.762. The molecule has 3 heteroatoms. The molecule has 0 N–H and O–H groups in total. The Kier molecular flexibility index (Phi) is 5.30. The normalized spacial score (nSPS) is 42.2. The van der Waals surface area contributed by atoms with Crippen LogP contribution in [-0.4, -0.2) is 12.1 Å². The zero-order valence-electron chi connectivity index (χ0n) is 15.3. The van der Waals surface area contributed by atoms with E-state index < -0.39 is 0 Å². The molecule has 2 saturated carbocycles. The van der Waals surface area contributed by atoms with E-state index in [1.54, 1.807) is 5.57 Å². The van der Waals surface area contributed by atoms with E-state index in [0.717, 1.165) is 24.7 Å². The van der Waals surface area contributed by atoms with Crippen LogP contribution in [0.3, 0.4) is 0 Å². The van der Waals surface area contributed by atoms with Gasteiger partial charge in [0.2, 0.25) is 0 Å². The third-order valence-corrected chi connectivity index (χ3v) is 7.91. The fourth-order valence-corrected chi connectivity index (χ4v) is 6.62. The molecule has 0 radical (unpaired) electrons. The monoisotopic (exact) mass is 394 g/mol. The predicted molar refractivity (Wildman–Crippen MR) is 102 cm³/mol. The first-order chi connectivity index (χ1) is 11.4. The molecular formula is C21H31BrO2. The van der Waals surface area contributed by atoms with Gasteiger partial charge in [-0.1, -0.05) is 48.9 Å². The highest BCUT2D eigenvalue weighted by molar-refractivity contribution is 9.11. The summed E-state index contributed by atoms with van der Waals surface area (Å²) in [6.45, 7) is 11.0. The standard InChI is InChI=1S/C21H31BrO2/c1-5-16-14(3)20(23)24-19(16)11-13(2)17-8-9-18-15(12-22)7-6-10-21(17,18)4/h12-13,16-19H,3,5-11H2,1-2,4H3/b15-12+/t13-,16+,17-,18+,19-,21-/m1/s1. The van der Waals surface area contributed by atoms with Crippen LogP contribution in [0, 0.1) is 29.1 Å². The Balaban J connectivity index is 1.73. The maximum atomic E-state index is 11.9. The average molecular weight is 395 g/mol. The van der Waals surface area contributed by atoms with Crippen LogP contribution in [0.2, 0.25) is 0 Å². The van der Waals surface area contributed by atoms with Crippen molar-refractivity contribution < 1.29 is 9.53 Å². The second-order valence-electron chi connectivity index (χ2n) is 8.48. The third kappa shape index (κ3) is 2.91. The number of ether oxygens (including phenoxy) is 1. The first-order valence-corrected chi connectivity index (χ1v) is 10.5. The molecule has 134 valence electrons. The molecule has 0 unspecified atom stereocenters. The Hall–Kier alpha value is -0.570. The molecule has 3 fully saturated rings. The van der Waals surface area contributed by atoms with Crippen LogP contribution < -0.4 is 0 Å². The molecule has 2 nitrogen and oxygen atoms in total. The SMILES string of the molecule is C=C1C(=O)O[C@H](C[C@@H](C)[C@H]2CC[C@H]3/C(=C/Br)CCC[C@]23C)[C@H]1CC. The van der Waals surface area contributed by atoms with Gasteiger partial charge in [-0.2, -0.15) is 0 Å². The topological polar surface area (TPSA) is 26.3 Å². The lowest BCUT2D eigenvalue weighted by molar-refractivity contribution is -0.140. The number of halogens is 1. The van der Waals surface area contributed by atoms with E-state index >= 15 is 0 Å². The second-order valence-corrected chi connectivity index (χ2v) is 8.93. The summed E-state index contributed by atoms with van der Waals surface area (Å²) in [6, 6.07) is 0. The van der Waals surface area contributed by atoms with Gasteiger partial charge in [-0.05, 0) is 73.1 Å². The summed E-state index contributed by atoms with van der Waals surface area (Å²) < 4.78 is 5.66. The quantitative estimate of drug-likeness (QED) is 0.430. The summed E-state index contributed by atoms with van der Waals surface area (Å²) in [6.07, 6.45) is 8.51. The van der Waals surface area contributed by atoms with Crippen LogP contribution in [0.25, 0.3) is 0 Å². The van der Waals surface area contributed by atoms with Gasteiger partial charge in [0.25, 0.3) is 0 Å². The summed E-state index contributed by atoms with van der Waals surface area (Å²) >= 11 is 3.60. The largest absolute Gasteiger partial charge is 0.458 e. The number of esters is 1. The zero-order valence-corrected chi connectivity index (χ0v) is 16.9. The molecule has 6 atom stereocenters. The number of fused-ring (bicyclic) bond motifs is 1. The summed E-state index contributed by atoms with van der Waals surface area (Å²) in [7, 11) is 0. The first-order valence-electron chi connectivity index (χ1n) is 9.61. The minimum absolute atomic E-state index is 0.0439. The van der Waals surface area contributed by atoms with Crippen LogP contribution in [0.5, 0.6) is 0 Å². The van der Waals surface area contributed by atoms with Gasteiger partial charge < -0.3 is 4.74 Å². The summed E-state index contributed by atoms with van der Waals surface area (Å²) in [4.78, 5) is 14.1. The van der Waals surface area contributed by atoms with Gasteiger partial charge in [0.15, 0.2) is 0 Å². The van der Waals surface area contributed by atoms with Gasteiger partial charge in [0.1, 0.15) is 6.10 Å². The number of rotatable bonds is 4. The third-order valence-electron chi connectivity index (χ3n) is 7.33. The molecule has 3 aliphatic rings. The maximum Gasteiger partial charge on any atom is 0.334 e. The Labute approximate surface area is 155 Å². The van der Waals surface area contributed by atoms with Gasteiger partial charge >= 0.3 is 5.97 Å². The molecule has 0 bridgehead atoms. The summed E-state index contributed by atoms with van der Waals surface area (Å²) in [5.41, 5.74) is 2.72. The number of cyclic esters (lactones) is 1. The van der Waals surface area contributed by atoms with Gasteiger partial charge in [0.05, 0.1) is 0 Å². The van der Waals surface area contributed by atoms with Crippen molar-refractivity contribution in [2.24, 2.45) is 29.1 Å². The van der Waals surface area contributed by atoms with Crippen molar-refractivity contribution in [1.82, 2.24) is 0 Å². The molecule has 0 spiro atoms. The van der Waals surface area contributed by atoms with Crippen molar-refractivity contribution in [3.8, 4) is 0 Å². The van der Waals surface area contributed by atoms with Crippen molar-refractivity contribution in [3.05, 3.63) is 22.7 Å². The Morgan fingerprint density at radius 2 is 2.21 bits per heavy atom. The van der Waals surface area contributed by atoms with E-state index in [1.165, 1.54) is 32.1 Å². The smallest absolute Gasteiger partial charge is 0.334 e. The number of carbonyl (C=O) groups excluding carboxylic acids is 1. The van der Waals surface area contributed by atoms with Gasteiger partial charge in [-0.3, -0.25) is 0 Å². The number of hydrogen-bond acceptors (Lipinski definition) is 2. The molecule has 2 aliphatic carbocycles. The molecule has 3 rings (SSSR count). The molecule has 0 aromatic heterocycles. The molecule has 1 aliphatic heterocycles. The van der Waals surface area contributed by atoms with E-state index in [-0.39, 0.29) is 18.0 Å². The van der Waals surface area contributed by atoms with Gasteiger partial charge in [0, 0.05) is 11.5 Å². The first kappa shape index (κ1) is 18.2. The highest BCUT2D eigenvalue weighted by Gasteiger charge is 2.51. The van der Waals surface area contributed by atoms with Gasteiger partial charge in [-0.25, -0.2) is 4.79 Å². The van der Waals surface area contributed by atoms with E-state index in [2.05, 4.69) is 48.3 Å². The molecule has 1 saturated heterocycles. The number of allylic oxidation sites excluding steroid dienone is 1. The van der Waals surface area contributed by atoms with Crippen molar-refractivity contribution >= 4 is 21.9 Å². The lowest BCUT2D eigenvalue weighted by Gasteiger charge is -2.44.